The number of hydrogen-bond donors (Lipinski definition) is 1. The Kier molecular flexibility index (Phi) is 3.49. The van der Waals surface area contributed by atoms with Gasteiger partial charge in [0.05, 0.1) is 18.1 Å². The van der Waals surface area contributed by atoms with Crippen LogP contribution in [0.15, 0.2) is 54.6 Å². The van der Waals surface area contributed by atoms with Crippen molar-refractivity contribution in [1.82, 2.24) is 0 Å². The highest BCUT2D eigenvalue weighted by atomic mass is 16.6. The molecule has 0 aromatic heterocycles. The van der Waals surface area contributed by atoms with E-state index < -0.39 is 0 Å². The van der Waals surface area contributed by atoms with Gasteiger partial charge in [-0.05, 0) is 35.6 Å². The fourth-order valence-corrected chi connectivity index (χ4v) is 3.92. The van der Waals surface area contributed by atoms with Gasteiger partial charge in [-0.25, -0.2) is 0 Å². The van der Waals surface area contributed by atoms with Crippen molar-refractivity contribution in [2.24, 2.45) is 5.92 Å². The molecule has 0 unspecified atom stereocenters. The van der Waals surface area contributed by atoms with E-state index in [1.165, 1.54) is 12.7 Å². The summed E-state index contributed by atoms with van der Waals surface area (Å²) in [6.45, 7) is 0. The Morgan fingerprint density at radius 3 is 2.88 bits per heavy atom. The van der Waals surface area contributed by atoms with Crippen LogP contribution in [0.5, 0.6) is 5.75 Å². The minimum atomic E-state index is -0.385. The van der Waals surface area contributed by atoms with E-state index in [4.69, 9.17) is 4.74 Å². The molecule has 1 aliphatic carbocycles. The predicted molar refractivity (Wildman–Crippen MR) is 92.4 cm³/mol. The average molecular weight is 322 g/mol. The number of nitro groups is 1. The van der Waals surface area contributed by atoms with E-state index >= 15 is 0 Å². The second-order valence-electron chi connectivity index (χ2n) is 6.25. The maximum atomic E-state index is 11.3. The molecule has 5 nitrogen and oxygen atoms in total. The lowest BCUT2D eigenvalue weighted by Gasteiger charge is -2.37. The molecule has 3 atom stereocenters. The van der Waals surface area contributed by atoms with Crippen LogP contribution in [-0.2, 0) is 0 Å². The number of nitrogens with one attached hydrogen (secondary N) is 1. The van der Waals surface area contributed by atoms with Crippen molar-refractivity contribution in [3.63, 3.8) is 0 Å². The third kappa shape index (κ3) is 2.24. The predicted octanol–water partition coefficient (Wildman–Crippen LogP) is 4.43. The van der Waals surface area contributed by atoms with E-state index in [0.717, 1.165) is 17.7 Å². The number of allylic oxidation sites excluding steroid dienone is 2. The fourth-order valence-electron chi connectivity index (χ4n) is 3.92. The molecule has 122 valence electrons. The summed E-state index contributed by atoms with van der Waals surface area (Å²) >= 11 is 0. The molecular formula is C19H18N2O3. The molecule has 2 aliphatic rings. The van der Waals surface area contributed by atoms with Crippen LogP contribution in [0.25, 0.3) is 0 Å². The zero-order valence-corrected chi connectivity index (χ0v) is 13.3. The Labute approximate surface area is 140 Å². The molecule has 0 fully saturated rings. The van der Waals surface area contributed by atoms with Crippen LogP contribution < -0.4 is 10.1 Å². The van der Waals surface area contributed by atoms with Crippen molar-refractivity contribution in [2.75, 3.05) is 12.4 Å². The van der Waals surface area contributed by atoms with Crippen molar-refractivity contribution in [2.45, 2.75) is 18.4 Å². The number of rotatable bonds is 3. The molecule has 1 N–H and O–H groups in total. The first-order valence-electron chi connectivity index (χ1n) is 8.03. The van der Waals surface area contributed by atoms with Crippen molar-refractivity contribution >= 4 is 11.4 Å². The van der Waals surface area contributed by atoms with Gasteiger partial charge in [-0.2, -0.15) is 0 Å². The lowest BCUT2D eigenvalue weighted by molar-refractivity contribution is -0.385. The first-order valence-corrected chi connectivity index (χ1v) is 8.03. The van der Waals surface area contributed by atoms with E-state index in [0.29, 0.717) is 17.6 Å². The van der Waals surface area contributed by atoms with E-state index in [9.17, 15) is 10.1 Å². The number of para-hydroxylation sites is 1. The number of benzene rings is 2. The highest BCUT2D eigenvalue weighted by Crippen LogP contribution is 2.50. The van der Waals surface area contributed by atoms with Crippen LogP contribution in [0.1, 0.15) is 29.5 Å². The largest absolute Gasteiger partial charge is 0.490 e. The zero-order chi connectivity index (χ0) is 16.7. The number of nitrogens with zero attached hydrogens (tertiary/aromatic N) is 1. The van der Waals surface area contributed by atoms with E-state index in [2.05, 4.69) is 35.7 Å². The SMILES string of the molecule is COc1ccc([C@@H]2Nc3ccccc3[C@@H]3C=CC[C@@H]32)cc1[N+](=O)[O-]. The third-order valence-electron chi connectivity index (χ3n) is 5.03. The Balaban J connectivity index is 1.78. The summed E-state index contributed by atoms with van der Waals surface area (Å²) in [6.07, 6.45) is 5.44. The number of methoxy groups -OCH3 is 1. The van der Waals surface area contributed by atoms with Gasteiger partial charge in [0.2, 0.25) is 0 Å². The van der Waals surface area contributed by atoms with Crippen LogP contribution in [0.2, 0.25) is 0 Å². The topological polar surface area (TPSA) is 64.4 Å². The quantitative estimate of drug-likeness (QED) is 0.516. The monoisotopic (exact) mass is 322 g/mol. The minimum absolute atomic E-state index is 0.0122. The maximum Gasteiger partial charge on any atom is 0.311 e. The highest BCUT2D eigenvalue weighted by molar-refractivity contribution is 5.60. The van der Waals surface area contributed by atoms with E-state index in [-0.39, 0.29) is 16.7 Å². The normalized spacial score (nSPS) is 24.0. The van der Waals surface area contributed by atoms with Gasteiger partial charge >= 0.3 is 5.69 Å². The summed E-state index contributed by atoms with van der Waals surface area (Å²) in [6, 6.07) is 13.6. The van der Waals surface area contributed by atoms with Crippen LogP contribution in [0.3, 0.4) is 0 Å². The van der Waals surface area contributed by atoms with E-state index in [1.807, 2.05) is 12.1 Å². The van der Waals surface area contributed by atoms with Crippen LogP contribution in [0.4, 0.5) is 11.4 Å². The summed E-state index contributed by atoms with van der Waals surface area (Å²) in [4.78, 5) is 10.9. The molecule has 0 spiro atoms. The summed E-state index contributed by atoms with van der Waals surface area (Å²) in [5.41, 5.74) is 3.35. The first kappa shape index (κ1) is 14.8. The summed E-state index contributed by atoms with van der Waals surface area (Å²) < 4.78 is 5.12. The van der Waals surface area contributed by atoms with Crippen molar-refractivity contribution in [1.29, 1.82) is 0 Å². The molecule has 0 bridgehead atoms. The second kappa shape index (κ2) is 5.67. The number of anilines is 1. The molecule has 0 saturated carbocycles. The van der Waals surface area contributed by atoms with Gasteiger partial charge in [-0.15, -0.1) is 0 Å². The van der Waals surface area contributed by atoms with Crippen LogP contribution in [0, 0.1) is 16.0 Å². The van der Waals surface area contributed by atoms with Gasteiger partial charge in [0.15, 0.2) is 5.75 Å². The zero-order valence-electron chi connectivity index (χ0n) is 13.3. The Hall–Kier alpha value is -2.82. The van der Waals surface area contributed by atoms with Crippen LogP contribution in [-0.4, -0.2) is 12.0 Å². The van der Waals surface area contributed by atoms with Gasteiger partial charge < -0.3 is 10.1 Å². The molecule has 4 rings (SSSR count). The Morgan fingerprint density at radius 2 is 2.08 bits per heavy atom. The number of ether oxygens (including phenoxy) is 1. The Morgan fingerprint density at radius 1 is 1.25 bits per heavy atom. The number of nitro benzene ring substituents is 1. The lowest BCUT2D eigenvalue weighted by atomic mass is 9.77. The summed E-state index contributed by atoms with van der Waals surface area (Å²) in [5.74, 6) is 1.02. The van der Waals surface area contributed by atoms with Crippen LogP contribution >= 0.6 is 0 Å². The number of hydrogen-bond acceptors (Lipinski definition) is 4. The van der Waals surface area contributed by atoms with Gasteiger partial charge in [-0.3, -0.25) is 10.1 Å². The van der Waals surface area contributed by atoms with Gasteiger partial charge in [0.25, 0.3) is 0 Å². The van der Waals surface area contributed by atoms with Crippen molar-refractivity contribution in [3.8, 4) is 5.75 Å². The molecule has 1 aliphatic heterocycles. The molecule has 0 amide bonds. The lowest BCUT2D eigenvalue weighted by Crippen LogP contribution is -2.29. The van der Waals surface area contributed by atoms with Crippen molar-refractivity contribution < 1.29 is 9.66 Å². The number of fused-ring (bicyclic) bond motifs is 3. The molecule has 2 aromatic carbocycles. The highest BCUT2D eigenvalue weighted by Gasteiger charge is 2.38. The molecule has 2 aromatic rings. The van der Waals surface area contributed by atoms with Gasteiger partial charge in [0, 0.05) is 17.7 Å². The fraction of sp³-hybridized carbons (Fsp3) is 0.263. The van der Waals surface area contributed by atoms with Crippen molar-refractivity contribution in [3.05, 3.63) is 75.9 Å². The third-order valence-corrected chi connectivity index (χ3v) is 5.03. The minimum Gasteiger partial charge on any atom is -0.490 e. The molecule has 0 radical (unpaired) electrons. The molecule has 1 heterocycles. The summed E-state index contributed by atoms with van der Waals surface area (Å²) in [7, 11) is 1.45. The second-order valence-corrected chi connectivity index (χ2v) is 6.25. The first-order chi connectivity index (χ1) is 11.7. The molecular weight excluding hydrogens is 304 g/mol. The molecule has 0 saturated heterocycles. The smallest absolute Gasteiger partial charge is 0.311 e. The summed E-state index contributed by atoms with van der Waals surface area (Å²) in [5, 5.41) is 14.9. The van der Waals surface area contributed by atoms with Gasteiger partial charge in [-0.1, -0.05) is 36.4 Å². The molecule has 24 heavy (non-hydrogen) atoms. The van der Waals surface area contributed by atoms with E-state index in [1.54, 1.807) is 12.1 Å². The standard InChI is InChI=1S/C19H18N2O3/c1-24-18-10-9-12(11-17(18)21(22)23)19-15-7-4-6-13(15)14-5-2-3-8-16(14)20-19/h2-6,8-11,13,15,19-20H,7H2,1H3/t13-,15-,19-/m0/s1. The molecule has 5 heteroatoms. The Bertz CT molecular complexity index is 831. The maximum absolute atomic E-state index is 11.3. The average Bonchev–Trinajstić information content (AvgIpc) is 3.10. The van der Waals surface area contributed by atoms with Gasteiger partial charge in [0.1, 0.15) is 0 Å².